The zero-order valence-corrected chi connectivity index (χ0v) is 22.5. The van der Waals surface area contributed by atoms with Crippen molar-refractivity contribution in [1.82, 2.24) is 25.1 Å². The fourth-order valence-corrected chi connectivity index (χ4v) is 5.66. The lowest BCUT2D eigenvalue weighted by Gasteiger charge is -2.21. The summed E-state index contributed by atoms with van der Waals surface area (Å²) in [5.41, 5.74) is 5.42. The molecule has 196 valence electrons. The maximum absolute atomic E-state index is 12.8. The quantitative estimate of drug-likeness (QED) is 0.210. The number of thiazole rings is 1. The molecule has 1 amide bonds. The second kappa shape index (κ2) is 9.70. The Morgan fingerprint density at radius 2 is 2.00 bits per heavy atom. The molecular formula is C29H28N8OS. The van der Waals surface area contributed by atoms with E-state index in [4.69, 9.17) is 10.8 Å². The molecule has 0 saturated heterocycles. The summed E-state index contributed by atoms with van der Waals surface area (Å²) in [5, 5.41) is 31.3. The molecule has 1 aliphatic heterocycles. The molecule has 9 nitrogen and oxygen atoms in total. The molecular weight excluding hydrogens is 508 g/mol. The Morgan fingerprint density at radius 3 is 2.72 bits per heavy atom. The largest absolute Gasteiger partial charge is 0.381 e. The number of carbonyl (C=O) groups is 1. The minimum atomic E-state index is -0.483. The first-order chi connectivity index (χ1) is 18.8. The minimum absolute atomic E-state index is 0.0862. The summed E-state index contributed by atoms with van der Waals surface area (Å²) in [6.07, 6.45) is 7.36. The van der Waals surface area contributed by atoms with E-state index in [-0.39, 0.29) is 23.4 Å². The molecule has 0 radical (unpaired) electrons. The number of nitrogens with one attached hydrogen (secondary N) is 4. The lowest BCUT2D eigenvalue weighted by atomic mass is 9.91. The van der Waals surface area contributed by atoms with Gasteiger partial charge in [-0.1, -0.05) is 30.4 Å². The van der Waals surface area contributed by atoms with Crippen LogP contribution in [0.15, 0.2) is 60.1 Å². The van der Waals surface area contributed by atoms with E-state index < -0.39 is 5.41 Å². The second-order valence-electron chi connectivity index (χ2n) is 9.99. The van der Waals surface area contributed by atoms with Gasteiger partial charge in [-0.15, -0.1) is 11.3 Å². The van der Waals surface area contributed by atoms with Crippen molar-refractivity contribution in [2.45, 2.75) is 38.1 Å². The third-order valence-corrected chi connectivity index (χ3v) is 8.39. The molecule has 0 spiro atoms. The number of aryl methyl sites for hydroxylation is 1. The van der Waals surface area contributed by atoms with Crippen molar-refractivity contribution in [2.75, 3.05) is 11.9 Å². The summed E-state index contributed by atoms with van der Waals surface area (Å²) in [6, 6.07) is 13.2. The SMILES string of the molecule is Cc1csc(C(C)NC(=O)c2ccc(-c3cnc(=N)n(C(=N)C4(c5ccc6c(c5)C=CCN6)CC4)n3)cc2)n1. The Hall–Kier alpha value is -4.44. The van der Waals surface area contributed by atoms with Crippen molar-refractivity contribution in [1.29, 1.82) is 10.8 Å². The molecule has 4 N–H and O–H groups in total. The fourth-order valence-electron chi connectivity index (χ4n) is 4.86. The van der Waals surface area contributed by atoms with Crippen molar-refractivity contribution in [3.63, 3.8) is 0 Å². The number of nitrogens with zero attached hydrogens (tertiary/aromatic N) is 4. The second-order valence-corrected chi connectivity index (χ2v) is 10.9. The predicted octanol–water partition coefficient (Wildman–Crippen LogP) is 4.68. The number of anilines is 1. The monoisotopic (exact) mass is 536 g/mol. The number of benzene rings is 2. The molecule has 39 heavy (non-hydrogen) atoms. The molecule has 0 bridgehead atoms. The Balaban J connectivity index is 1.22. The van der Waals surface area contributed by atoms with Crippen LogP contribution in [-0.2, 0) is 5.41 Å². The first-order valence-electron chi connectivity index (χ1n) is 12.8. The van der Waals surface area contributed by atoms with Crippen LogP contribution in [0.5, 0.6) is 0 Å². The fraction of sp³-hybridized carbons (Fsp3) is 0.241. The highest BCUT2D eigenvalue weighted by molar-refractivity contribution is 7.09. The van der Waals surface area contributed by atoms with Crippen molar-refractivity contribution in [3.05, 3.63) is 93.1 Å². The third-order valence-electron chi connectivity index (χ3n) is 7.24. The topological polar surface area (TPSA) is 132 Å². The summed E-state index contributed by atoms with van der Waals surface area (Å²) in [5.74, 6) is 0.0639. The maximum Gasteiger partial charge on any atom is 0.251 e. The van der Waals surface area contributed by atoms with Gasteiger partial charge in [0, 0.05) is 34.4 Å². The molecule has 2 aromatic carbocycles. The Bertz CT molecular complexity index is 1680. The van der Waals surface area contributed by atoms with E-state index in [1.54, 1.807) is 12.1 Å². The number of aromatic nitrogens is 4. The molecule has 4 aromatic rings. The van der Waals surface area contributed by atoms with Crippen LogP contribution in [0, 0.1) is 17.7 Å². The number of rotatable bonds is 6. The summed E-state index contributed by atoms with van der Waals surface area (Å²) < 4.78 is 1.33. The maximum atomic E-state index is 12.8. The van der Waals surface area contributed by atoms with Crippen LogP contribution >= 0.6 is 11.3 Å². The van der Waals surface area contributed by atoms with Crippen molar-refractivity contribution in [3.8, 4) is 11.3 Å². The van der Waals surface area contributed by atoms with Crippen molar-refractivity contribution < 1.29 is 4.79 Å². The lowest BCUT2D eigenvalue weighted by molar-refractivity contribution is 0.0940. The van der Waals surface area contributed by atoms with Crippen molar-refractivity contribution in [2.24, 2.45) is 0 Å². The average Bonchev–Trinajstić information content (AvgIpc) is 3.66. The van der Waals surface area contributed by atoms with Gasteiger partial charge >= 0.3 is 0 Å². The molecule has 1 unspecified atom stereocenters. The Kier molecular flexibility index (Phi) is 6.19. The molecule has 1 aliphatic carbocycles. The molecule has 2 aromatic heterocycles. The van der Waals surface area contributed by atoms with Gasteiger partial charge in [-0.05, 0) is 62.1 Å². The Labute approximate surface area is 229 Å². The van der Waals surface area contributed by atoms with E-state index in [2.05, 4.69) is 56.1 Å². The third kappa shape index (κ3) is 4.67. The van der Waals surface area contributed by atoms with Crippen LogP contribution in [0.2, 0.25) is 0 Å². The molecule has 10 heteroatoms. The van der Waals surface area contributed by atoms with E-state index in [1.165, 1.54) is 22.2 Å². The number of hydrogen-bond acceptors (Lipinski definition) is 8. The number of fused-ring (bicyclic) bond motifs is 1. The van der Waals surface area contributed by atoms with Gasteiger partial charge < -0.3 is 10.6 Å². The zero-order valence-electron chi connectivity index (χ0n) is 21.7. The first kappa shape index (κ1) is 24.9. The van der Waals surface area contributed by atoms with Crippen LogP contribution in [0.4, 0.5) is 5.69 Å². The van der Waals surface area contributed by atoms with Gasteiger partial charge in [-0.3, -0.25) is 15.6 Å². The van der Waals surface area contributed by atoms with E-state index >= 15 is 0 Å². The molecule has 1 atom stereocenters. The van der Waals surface area contributed by atoms with Gasteiger partial charge in [0.2, 0.25) is 5.62 Å². The number of amides is 1. The van der Waals surface area contributed by atoms with Crippen LogP contribution in [0.25, 0.3) is 17.3 Å². The van der Waals surface area contributed by atoms with Gasteiger partial charge in [0.25, 0.3) is 5.91 Å². The van der Waals surface area contributed by atoms with Gasteiger partial charge in [0.05, 0.1) is 17.7 Å². The smallest absolute Gasteiger partial charge is 0.251 e. The molecule has 1 saturated carbocycles. The summed E-state index contributed by atoms with van der Waals surface area (Å²) >= 11 is 1.53. The zero-order chi connectivity index (χ0) is 27.1. The predicted molar refractivity (Wildman–Crippen MR) is 152 cm³/mol. The van der Waals surface area contributed by atoms with Gasteiger partial charge in [0.1, 0.15) is 16.5 Å². The number of hydrogen-bond donors (Lipinski definition) is 4. The molecule has 2 aliphatic rings. The van der Waals surface area contributed by atoms with Crippen LogP contribution in [-0.4, -0.2) is 38.0 Å². The lowest BCUT2D eigenvalue weighted by Crippen LogP contribution is -2.38. The van der Waals surface area contributed by atoms with Crippen LogP contribution in [0.3, 0.4) is 0 Å². The van der Waals surface area contributed by atoms with E-state index in [0.29, 0.717) is 11.3 Å². The number of carbonyl (C=O) groups excluding carboxylic acids is 1. The van der Waals surface area contributed by atoms with Crippen molar-refractivity contribution >= 4 is 34.8 Å². The van der Waals surface area contributed by atoms with Crippen LogP contribution in [0.1, 0.15) is 58.0 Å². The van der Waals surface area contributed by atoms with E-state index in [1.807, 2.05) is 31.4 Å². The standard InChI is InChI=1S/C29H28N8OS/c1-17-16-39-26(34-17)18(2)35-25(38)20-7-5-19(6-8-20)24-15-33-28(31)37(36-24)27(30)29(11-12-29)22-9-10-23-21(14-22)4-3-13-32-23/h3-10,14-16,18,30-32H,11-13H2,1-2H3,(H,35,38). The molecule has 6 rings (SSSR count). The van der Waals surface area contributed by atoms with Gasteiger partial charge in [-0.25, -0.2) is 9.97 Å². The summed E-state index contributed by atoms with van der Waals surface area (Å²) in [6.45, 7) is 4.66. The first-order valence-corrected chi connectivity index (χ1v) is 13.7. The van der Waals surface area contributed by atoms with Gasteiger partial charge in [0.15, 0.2) is 0 Å². The highest BCUT2D eigenvalue weighted by atomic mass is 32.1. The van der Waals surface area contributed by atoms with E-state index in [9.17, 15) is 4.79 Å². The van der Waals surface area contributed by atoms with E-state index in [0.717, 1.165) is 52.5 Å². The van der Waals surface area contributed by atoms with Gasteiger partial charge in [-0.2, -0.15) is 9.78 Å². The Morgan fingerprint density at radius 1 is 1.21 bits per heavy atom. The highest BCUT2D eigenvalue weighted by Crippen LogP contribution is 2.50. The normalized spacial score (nSPS) is 15.6. The summed E-state index contributed by atoms with van der Waals surface area (Å²) in [4.78, 5) is 21.5. The highest BCUT2D eigenvalue weighted by Gasteiger charge is 2.50. The van der Waals surface area contributed by atoms with Crippen LogP contribution < -0.4 is 16.3 Å². The summed E-state index contributed by atoms with van der Waals surface area (Å²) in [7, 11) is 0. The average molecular weight is 537 g/mol. The molecule has 1 fully saturated rings. The minimum Gasteiger partial charge on any atom is -0.381 e. The molecule has 3 heterocycles.